The van der Waals surface area contributed by atoms with Gasteiger partial charge < -0.3 is 5.11 Å². The van der Waals surface area contributed by atoms with Gasteiger partial charge in [-0.15, -0.1) is 0 Å². The Labute approximate surface area is 91.3 Å². The van der Waals surface area contributed by atoms with Crippen molar-refractivity contribution < 1.29 is 13.5 Å². The molecule has 0 radical (unpaired) electrons. The molecule has 2 atom stereocenters. The lowest BCUT2D eigenvalue weighted by atomic mass is 10.0. The van der Waals surface area contributed by atoms with E-state index >= 15 is 0 Å². The molecule has 5 heteroatoms. The van der Waals surface area contributed by atoms with E-state index in [1.54, 1.807) is 4.31 Å². The highest BCUT2D eigenvalue weighted by Crippen LogP contribution is 2.37. The highest BCUT2D eigenvalue weighted by molar-refractivity contribution is 7.89. The minimum Gasteiger partial charge on any atom is -0.393 e. The fourth-order valence-electron chi connectivity index (χ4n) is 2.92. The van der Waals surface area contributed by atoms with E-state index in [0.717, 1.165) is 12.8 Å². The van der Waals surface area contributed by atoms with Crippen LogP contribution in [-0.2, 0) is 10.0 Å². The first-order chi connectivity index (χ1) is 7.04. The fraction of sp³-hybridized carbons (Fsp3) is 1.00. The number of rotatable bonds is 3. The summed E-state index contributed by atoms with van der Waals surface area (Å²) in [5, 5.41) is 9.58. The molecule has 4 nitrogen and oxygen atoms in total. The number of sulfonamides is 1. The molecule has 0 amide bonds. The summed E-state index contributed by atoms with van der Waals surface area (Å²) in [6.45, 7) is 1.89. The lowest BCUT2D eigenvalue weighted by molar-refractivity contribution is 0.0769. The third kappa shape index (κ3) is 2.05. The van der Waals surface area contributed by atoms with E-state index in [9.17, 15) is 13.5 Å². The Hall–Kier alpha value is -0.130. The van der Waals surface area contributed by atoms with Crippen molar-refractivity contribution >= 4 is 10.0 Å². The van der Waals surface area contributed by atoms with Crippen LogP contribution in [0.25, 0.3) is 0 Å². The Balaban J connectivity index is 2.18. The third-order valence-electron chi connectivity index (χ3n) is 3.42. The van der Waals surface area contributed by atoms with E-state index in [0.29, 0.717) is 19.3 Å². The summed E-state index contributed by atoms with van der Waals surface area (Å²) in [5.74, 6) is 0.246. The number of aliphatic hydroxyl groups is 1. The van der Waals surface area contributed by atoms with E-state index in [1.807, 2.05) is 6.92 Å². The van der Waals surface area contributed by atoms with Gasteiger partial charge in [-0.2, -0.15) is 4.31 Å². The summed E-state index contributed by atoms with van der Waals surface area (Å²) in [6.07, 6.45) is 3.46. The SMILES string of the molecule is CCCS(=O)(=O)N1C2CCC1CC(O)C2. The summed E-state index contributed by atoms with van der Waals surface area (Å²) >= 11 is 0. The zero-order valence-electron chi connectivity index (χ0n) is 9.09. The highest BCUT2D eigenvalue weighted by Gasteiger charge is 2.45. The second-order valence-electron chi connectivity index (χ2n) is 4.66. The van der Waals surface area contributed by atoms with Gasteiger partial charge >= 0.3 is 0 Å². The van der Waals surface area contributed by atoms with Gasteiger partial charge in [-0.1, -0.05) is 6.92 Å². The van der Waals surface area contributed by atoms with Crippen LogP contribution in [0.15, 0.2) is 0 Å². The first-order valence-corrected chi connectivity index (χ1v) is 7.34. The van der Waals surface area contributed by atoms with E-state index in [2.05, 4.69) is 0 Å². The normalized spacial score (nSPS) is 37.1. The Bertz CT molecular complexity index is 314. The van der Waals surface area contributed by atoms with Crippen molar-refractivity contribution in [3.63, 3.8) is 0 Å². The summed E-state index contributed by atoms with van der Waals surface area (Å²) in [7, 11) is -3.07. The van der Waals surface area contributed by atoms with Crippen molar-refractivity contribution in [2.75, 3.05) is 5.75 Å². The van der Waals surface area contributed by atoms with Crippen molar-refractivity contribution in [3.05, 3.63) is 0 Å². The van der Waals surface area contributed by atoms with Gasteiger partial charge in [-0.3, -0.25) is 0 Å². The molecule has 2 bridgehead atoms. The average Bonchev–Trinajstić information content (AvgIpc) is 2.40. The Kier molecular flexibility index (Phi) is 3.05. The molecule has 0 aromatic rings. The lowest BCUT2D eigenvalue weighted by Crippen LogP contribution is -2.48. The van der Waals surface area contributed by atoms with Gasteiger partial charge in [0.2, 0.25) is 10.0 Å². The molecule has 2 fully saturated rings. The van der Waals surface area contributed by atoms with E-state index in [1.165, 1.54) is 0 Å². The molecular weight excluding hydrogens is 214 g/mol. The van der Waals surface area contributed by atoms with Crippen molar-refractivity contribution in [1.29, 1.82) is 0 Å². The first kappa shape index (κ1) is 11.4. The monoisotopic (exact) mass is 233 g/mol. The molecule has 2 aliphatic rings. The minimum absolute atomic E-state index is 0.0651. The topological polar surface area (TPSA) is 57.6 Å². The Morgan fingerprint density at radius 3 is 2.27 bits per heavy atom. The molecule has 2 heterocycles. The highest BCUT2D eigenvalue weighted by atomic mass is 32.2. The standard InChI is InChI=1S/C10H19NO3S/c1-2-5-15(13,14)11-8-3-4-9(11)7-10(12)6-8/h8-10,12H,2-7H2,1H3. The first-order valence-electron chi connectivity index (χ1n) is 5.74. The fourth-order valence-corrected chi connectivity index (χ4v) is 4.94. The molecular formula is C10H19NO3S. The van der Waals surface area contributed by atoms with E-state index in [-0.39, 0.29) is 23.9 Å². The summed E-state index contributed by atoms with van der Waals surface area (Å²) < 4.78 is 25.7. The van der Waals surface area contributed by atoms with Gasteiger partial charge in [0.15, 0.2) is 0 Å². The van der Waals surface area contributed by atoms with Crippen LogP contribution in [0.2, 0.25) is 0 Å². The largest absolute Gasteiger partial charge is 0.393 e. The molecule has 15 heavy (non-hydrogen) atoms. The van der Waals surface area contributed by atoms with Crippen molar-refractivity contribution in [2.45, 2.75) is 57.2 Å². The van der Waals surface area contributed by atoms with Gasteiger partial charge in [-0.25, -0.2) is 8.42 Å². The Morgan fingerprint density at radius 1 is 1.27 bits per heavy atom. The van der Waals surface area contributed by atoms with E-state index < -0.39 is 10.0 Å². The van der Waals surface area contributed by atoms with Crippen LogP contribution in [0.1, 0.15) is 39.0 Å². The lowest BCUT2D eigenvalue weighted by Gasteiger charge is -2.35. The quantitative estimate of drug-likeness (QED) is 0.781. The number of fused-ring (bicyclic) bond motifs is 2. The van der Waals surface area contributed by atoms with Crippen LogP contribution < -0.4 is 0 Å². The number of hydrogen-bond donors (Lipinski definition) is 1. The Morgan fingerprint density at radius 2 is 1.80 bits per heavy atom. The van der Waals surface area contributed by atoms with Gasteiger partial charge in [0.05, 0.1) is 11.9 Å². The molecule has 0 saturated carbocycles. The maximum absolute atomic E-state index is 12.0. The average molecular weight is 233 g/mol. The number of nitrogens with zero attached hydrogens (tertiary/aromatic N) is 1. The number of hydrogen-bond acceptors (Lipinski definition) is 3. The molecule has 1 N–H and O–H groups in total. The second-order valence-corrected chi connectivity index (χ2v) is 6.65. The van der Waals surface area contributed by atoms with Crippen LogP contribution >= 0.6 is 0 Å². The predicted octanol–water partition coefficient (Wildman–Crippen LogP) is 0.714. The van der Waals surface area contributed by atoms with Crippen LogP contribution in [0.5, 0.6) is 0 Å². The van der Waals surface area contributed by atoms with Crippen molar-refractivity contribution in [3.8, 4) is 0 Å². The van der Waals surface area contributed by atoms with Crippen LogP contribution in [0.4, 0.5) is 0 Å². The zero-order valence-corrected chi connectivity index (χ0v) is 9.91. The van der Waals surface area contributed by atoms with Gasteiger partial charge in [0, 0.05) is 12.1 Å². The number of aliphatic hydroxyl groups excluding tert-OH is 1. The van der Waals surface area contributed by atoms with Crippen LogP contribution in [-0.4, -0.2) is 41.8 Å². The third-order valence-corrected chi connectivity index (χ3v) is 5.59. The molecule has 2 unspecified atom stereocenters. The van der Waals surface area contributed by atoms with Gasteiger partial charge in [0.25, 0.3) is 0 Å². The maximum Gasteiger partial charge on any atom is 0.214 e. The molecule has 2 rings (SSSR count). The predicted molar refractivity (Wildman–Crippen MR) is 58.0 cm³/mol. The molecule has 0 aliphatic carbocycles. The second kappa shape index (κ2) is 4.03. The van der Waals surface area contributed by atoms with Crippen LogP contribution in [0.3, 0.4) is 0 Å². The molecule has 88 valence electrons. The molecule has 0 aromatic heterocycles. The molecule has 2 aliphatic heterocycles. The summed E-state index contributed by atoms with van der Waals surface area (Å²) in [6, 6.07) is 0.130. The van der Waals surface area contributed by atoms with Crippen LogP contribution in [0, 0.1) is 0 Å². The zero-order chi connectivity index (χ0) is 11.1. The number of piperidine rings is 1. The van der Waals surface area contributed by atoms with E-state index in [4.69, 9.17) is 0 Å². The maximum atomic E-state index is 12.0. The van der Waals surface area contributed by atoms with Crippen molar-refractivity contribution in [2.24, 2.45) is 0 Å². The van der Waals surface area contributed by atoms with Gasteiger partial charge in [0.1, 0.15) is 0 Å². The minimum atomic E-state index is -3.07. The molecule has 0 aromatic carbocycles. The molecule has 0 spiro atoms. The van der Waals surface area contributed by atoms with Gasteiger partial charge in [-0.05, 0) is 32.1 Å². The summed E-state index contributed by atoms with van der Waals surface area (Å²) in [5.41, 5.74) is 0. The summed E-state index contributed by atoms with van der Waals surface area (Å²) in [4.78, 5) is 0. The smallest absolute Gasteiger partial charge is 0.214 e. The molecule has 2 saturated heterocycles. The van der Waals surface area contributed by atoms with Crippen molar-refractivity contribution in [1.82, 2.24) is 4.31 Å².